The second kappa shape index (κ2) is 7.63. The van der Waals surface area contributed by atoms with Crippen LogP contribution in [0.4, 0.5) is 0 Å². The van der Waals surface area contributed by atoms with Crippen molar-refractivity contribution in [3.63, 3.8) is 0 Å². The summed E-state index contributed by atoms with van der Waals surface area (Å²) < 4.78 is 25.6. The highest BCUT2D eigenvalue weighted by Gasteiger charge is 2.12. The van der Waals surface area contributed by atoms with E-state index < -0.39 is 10.0 Å². The maximum Gasteiger partial charge on any atom is 0.211 e. The summed E-state index contributed by atoms with van der Waals surface area (Å²) in [6.45, 7) is 6.63. The lowest BCUT2D eigenvalue weighted by atomic mass is 10.2. The largest absolute Gasteiger partial charge is 0.214 e. The van der Waals surface area contributed by atoms with Crippen LogP contribution in [0.25, 0.3) is 0 Å². The van der Waals surface area contributed by atoms with Gasteiger partial charge in [0.15, 0.2) is 0 Å². The van der Waals surface area contributed by atoms with Crippen LogP contribution in [0.5, 0.6) is 0 Å². The van der Waals surface area contributed by atoms with E-state index in [4.69, 9.17) is 0 Å². The van der Waals surface area contributed by atoms with Crippen molar-refractivity contribution in [2.45, 2.75) is 44.9 Å². The van der Waals surface area contributed by atoms with E-state index in [1.54, 1.807) is 0 Å². The molecule has 0 aromatic carbocycles. The molecular weight excluding hydrogens is 278 g/mol. The van der Waals surface area contributed by atoms with Gasteiger partial charge in [0.2, 0.25) is 10.0 Å². The molecule has 0 aromatic heterocycles. The van der Waals surface area contributed by atoms with Crippen molar-refractivity contribution in [1.29, 1.82) is 0 Å². The molecule has 0 radical (unpaired) electrons. The van der Waals surface area contributed by atoms with E-state index in [2.05, 4.69) is 27.6 Å². The normalized spacial score (nSPS) is 14.5. The first kappa shape index (κ1) is 15.4. The Morgan fingerprint density at radius 3 is 2.33 bits per heavy atom. The molecule has 0 aliphatic heterocycles. The van der Waals surface area contributed by atoms with Crippen molar-refractivity contribution >= 4 is 26.0 Å². The van der Waals surface area contributed by atoms with Crippen LogP contribution >= 0.6 is 15.9 Å². The predicted molar refractivity (Wildman–Crippen MR) is 68.9 cm³/mol. The van der Waals surface area contributed by atoms with E-state index in [1.165, 1.54) is 0 Å². The minimum absolute atomic E-state index is 0.233. The second-order valence-electron chi connectivity index (χ2n) is 4.24. The Labute approximate surface area is 102 Å². The van der Waals surface area contributed by atoms with Crippen LogP contribution in [0, 0.1) is 5.92 Å². The van der Waals surface area contributed by atoms with E-state index in [-0.39, 0.29) is 10.6 Å². The minimum atomic E-state index is -3.07. The van der Waals surface area contributed by atoms with Gasteiger partial charge in [-0.2, -0.15) is 0 Å². The van der Waals surface area contributed by atoms with Crippen molar-refractivity contribution < 1.29 is 8.42 Å². The first-order chi connectivity index (χ1) is 6.87. The van der Waals surface area contributed by atoms with Crippen molar-refractivity contribution in [3.8, 4) is 0 Å². The molecule has 0 heterocycles. The Bertz CT molecular complexity index is 252. The number of halogens is 1. The Morgan fingerprint density at radius 1 is 1.27 bits per heavy atom. The monoisotopic (exact) mass is 299 g/mol. The van der Waals surface area contributed by atoms with Crippen LogP contribution < -0.4 is 4.72 Å². The molecule has 15 heavy (non-hydrogen) atoms. The van der Waals surface area contributed by atoms with E-state index in [0.717, 1.165) is 19.3 Å². The molecule has 0 aliphatic rings. The van der Waals surface area contributed by atoms with E-state index >= 15 is 0 Å². The third kappa shape index (κ3) is 9.33. The number of hydrogen-bond acceptors (Lipinski definition) is 2. The van der Waals surface area contributed by atoms with Crippen molar-refractivity contribution in [1.82, 2.24) is 4.72 Å². The maximum absolute atomic E-state index is 11.5. The number of rotatable bonds is 8. The summed E-state index contributed by atoms with van der Waals surface area (Å²) in [6, 6.07) is 0. The number of hydrogen-bond donors (Lipinski definition) is 1. The van der Waals surface area contributed by atoms with Gasteiger partial charge in [-0.3, -0.25) is 0 Å². The summed E-state index contributed by atoms with van der Waals surface area (Å²) in [5.74, 6) is 0.660. The Kier molecular flexibility index (Phi) is 7.83. The zero-order chi connectivity index (χ0) is 11.9. The third-order valence-electron chi connectivity index (χ3n) is 2.09. The van der Waals surface area contributed by atoms with Crippen LogP contribution in [0.1, 0.15) is 40.0 Å². The number of alkyl halides is 1. The molecular formula is C10H22BrNO2S. The van der Waals surface area contributed by atoms with Crippen LogP contribution in [0.15, 0.2) is 0 Å². The summed E-state index contributed by atoms with van der Waals surface area (Å²) in [7, 11) is -3.07. The molecule has 0 aromatic rings. The Balaban J connectivity index is 3.83. The SMILES string of the molecule is CCCC(Br)CNS(=O)(=O)CCC(C)C. The predicted octanol–water partition coefficient (Wildman–Crippen LogP) is 2.52. The van der Waals surface area contributed by atoms with Gasteiger partial charge in [-0.25, -0.2) is 13.1 Å². The molecule has 1 atom stereocenters. The highest BCUT2D eigenvalue weighted by atomic mass is 79.9. The fourth-order valence-electron chi connectivity index (χ4n) is 1.10. The lowest BCUT2D eigenvalue weighted by Gasteiger charge is -2.11. The first-order valence-corrected chi connectivity index (χ1v) is 8.05. The molecule has 0 saturated carbocycles. The van der Waals surface area contributed by atoms with Crippen LogP contribution in [0.3, 0.4) is 0 Å². The van der Waals surface area contributed by atoms with Gasteiger partial charge in [-0.05, 0) is 18.8 Å². The van der Waals surface area contributed by atoms with Crippen molar-refractivity contribution in [3.05, 3.63) is 0 Å². The molecule has 0 saturated heterocycles. The molecule has 5 heteroatoms. The van der Waals surface area contributed by atoms with Gasteiger partial charge in [0, 0.05) is 11.4 Å². The molecule has 3 nitrogen and oxygen atoms in total. The lowest BCUT2D eigenvalue weighted by molar-refractivity contribution is 0.559. The summed E-state index contributed by atoms with van der Waals surface area (Å²) in [6.07, 6.45) is 2.77. The maximum atomic E-state index is 11.5. The minimum Gasteiger partial charge on any atom is -0.214 e. The highest BCUT2D eigenvalue weighted by molar-refractivity contribution is 9.09. The van der Waals surface area contributed by atoms with Gasteiger partial charge in [0.05, 0.1) is 5.75 Å². The zero-order valence-corrected chi connectivity index (χ0v) is 12.2. The number of nitrogens with one attached hydrogen (secondary N) is 1. The third-order valence-corrected chi connectivity index (χ3v) is 4.25. The standard InChI is InChI=1S/C10H22BrNO2S/c1-4-5-10(11)8-12-15(13,14)7-6-9(2)3/h9-10,12H,4-8H2,1-3H3. The molecule has 0 amide bonds. The molecule has 0 aliphatic carbocycles. The topological polar surface area (TPSA) is 46.2 Å². The molecule has 0 bridgehead atoms. The summed E-state index contributed by atoms with van der Waals surface area (Å²) >= 11 is 3.44. The molecule has 0 rings (SSSR count). The molecule has 0 spiro atoms. The quantitative estimate of drug-likeness (QED) is 0.700. The summed E-state index contributed by atoms with van der Waals surface area (Å²) in [4.78, 5) is 0.247. The summed E-state index contributed by atoms with van der Waals surface area (Å²) in [5, 5.41) is 0. The average molecular weight is 300 g/mol. The van der Waals surface area contributed by atoms with Gasteiger partial charge >= 0.3 is 0 Å². The first-order valence-electron chi connectivity index (χ1n) is 5.48. The van der Waals surface area contributed by atoms with Gasteiger partial charge in [-0.15, -0.1) is 0 Å². The average Bonchev–Trinajstić information content (AvgIpc) is 2.13. The van der Waals surface area contributed by atoms with Gasteiger partial charge < -0.3 is 0 Å². The van der Waals surface area contributed by atoms with Gasteiger partial charge in [0.1, 0.15) is 0 Å². The number of sulfonamides is 1. The van der Waals surface area contributed by atoms with Crippen LogP contribution in [0.2, 0.25) is 0 Å². The Morgan fingerprint density at radius 2 is 1.87 bits per heavy atom. The molecule has 1 unspecified atom stereocenters. The van der Waals surface area contributed by atoms with Gasteiger partial charge in [-0.1, -0.05) is 43.1 Å². The second-order valence-corrected chi connectivity index (χ2v) is 7.46. The summed E-state index contributed by atoms with van der Waals surface area (Å²) in [5.41, 5.74) is 0. The molecule has 1 N–H and O–H groups in total. The van der Waals surface area contributed by atoms with E-state index in [9.17, 15) is 8.42 Å². The Hall–Kier alpha value is 0.390. The molecule has 92 valence electrons. The fourth-order valence-corrected chi connectivity index (χ4v) is 3.31. The van der Waals surface area contributed by atoms with Crippen LogP contribution in [-0.2, 0) is 10.0 Å². The zero-order valence-electron chi connectivity index (χ0n) is 9.79. The van der Waals surface area contributed by atoms with Crippen molar-refractivity contribution in [2.24, 2.45) is 5.92 Å². The lowest BCUT2D eigenvalue weighted by Crippen LogP contribution is -2.31. The van der Waals surface area contributed by atoms with Crippen molar-refractivity contribution in [2.75, 3.05) is 12.3 Å². The van der Waals surface area contributed by atoms with E-state index in [1.807, 2.05) is 13.8 Å². The van der Waals surface area contributed by atoms with Gasteiger partial charge in [0.25, 0.3) is 0 Å². The van der Waals surface area contributed by atoms with Crippen LogP contribution in [-0.4, -0.2) is 25.5 Å². The fraction of sp³-hybridized carbons (Fsp3) is 1.00. The highest BCUT2D eigenvalue weighted by Crippen LogP contribution is 2.07. The molecule has 0 fully saturated rings. The smallest absolute Gasteiger partial charge is 0.211 e. The van der Waals surface area contributed by atoms with E-state index in [0.29, 0.717) is 12.5 Å².